The Morgan fingerprint density at radius 1 is 1.17 bits per heavy atom. The Balaban J connectivity index is 2.10. The van der Waals surface area contributed by atoms with E-state index in [9.17, 15) is 0 Å². The summed E-state index contributed by atoms with van der Waals surface area (Å²) in [5.74, 6) is 1.42. The Labute approximate surface area is 106 Å². The largest absolute Gasteiger partial charge is 0.493 e. The Morgan fingerprint density at radius 2 is 2.00 bits per heavy atom. The second kappa shape index (κ2) is 5.40. The second-order valence-corrected chi connectivity index (χ2v) is 4.02. The SMILES string of the molecule is COc1cc(C)ccc1OCc1cc(N)ccn1. The number of methoxy groups -OCH3 is 1. The summed E-state index contributed by atoms with van der Waals surface area (Å²) in [6, 6.07) is 9.34. The summed E-state index contributed by atoms with van der Waals surface area (Å²) in [7, 11) is 1.63. The summed E-state index contributed by atoms with van der Waals surface area (Å²) in [5, 5.41) is 0. The Bertz CT molecular complexity index is 541. The van der Waals surface area contributed by atoms with Crippen LogP contribution in [0.2, 0.25) is 0 Å². The van der Waals surface area contributed by atoms with Crippen molar-refractivity contribution in [1.29, 1.82) is 0 Å². The Morgan fingerprint density at radius 3 is 2.72 bits per heavy atom. The average Bonchev–Trinajstić information content (AvgIpc) is 2.37. The van der Waals surface area contributed by atoms with Crippen LogP contribution in [0.25, 0.3) is 0 Å². The Kier molecular flexibility index (Phi) is 3.67. The molecule has 0 aliphatic carbocycles. The predicted molar refractivity (Wildman–Crippen MR) is 70.7 cm³/mol. The molecule has 1 aromatic carbocycles. The van der Waals surface area contributed by atoms with E-state index >= 15 is 0 Å². The molecule has 0 spiro atoms. The Hall–Kier alpha value is -2.23. The van der Waals surface area contributed by atoms with E-state index in [-0.39, 0.29) is 0 Å². The molecule has 0 aliphatic rings. The van der Waals surface area contributed by atoms with E-state index in [1.165, 1.54) is 0 Å². The van der Waals surface area contributed by atoms with Gasteiger partial charge in [-0.05, 0) is 36.8 Å². The number of nitrogens with zero attached hydrogens (tertiary/aromatic N) is 1. The number of nitrogen functional groups attached to an aromatic ring is 1. The van der Waals surface area contributed by atoms with E-state index in [4.69, 9.17) is 15.2 Å². The fourth-order valence-electron chi connectivity index (χ4n) is 1.62. The predicted octanol–water partition coefficient (Wildman–Crippen LogP) is 2.56. The molecule has 0 saturated heterocycles. The molecule has 0 atom stereocenters. The normalized spacial score (nSPS) is 10.1. The summed E-state index contributed by atoms with van der Waals surface area (Å²) in [5.41, 5.74) is 8.28. The smallest absolute Gasteiger partial charge is 0.161 e. The first kappa shape index (κ1) is 12.2. The fourth-order valence-corrected chi connectivity index (χ4v) is 1.62. The maximum absolute atomic E-state index is 5.68. The maximum Gasteiger partial charge on any atom is 0.161 e. The zero-order valence-electron chi connectivity index (χ0n) is 10.5. The molecule has 0 bridgehead atoms. The van der Waals surface area contributed by atoms with Crippen LogP contribution in [-0.4, -0.2) is 12.1 Å². The van der Waals surface area contributed by atoms with Gasteiger partial charge < -0.3 is 15.2 Å². The molecule has 0 unspecified atom stereocenters. The second-order valence-electron chi connectivity index (χ2n) is 4.02. The molecule has 1 aromatic heterocycles. The first-order valence-corrected chi connectivity index (χ1v) is 5.67. The van der Waals surface area contributed by atoms with Crippen molar-refractivity contribution in [2.45, 2.75) is 13.5 Å². The van der Waals surface area contributed by atoms with Crippen molar-refractivity contribution in [3.63, 3.8) is 0 Å². The van der Waals surface area contributed by atoms with E-state index in [1.807, 2.05) is 25.1 Å². The number of aryl methyl sites for hydroxylation is 1. The first-order chi connectivity index (χ1) is 8.69. The van der Waals surface area contributed by atoms with Gasteiger partial charge in [-0.3, -0.25) is 4.98 Å². The minimum absolute atomic E-state index is 0.366. The van der Waals surface area contributed by atoms with Crippen LogP contribution in [-0.2, 0) is 6.61 Å². The van der Waals surface area contributed by atoms with Crippen LogP contribution in [0.1, 0.15) is 11.3 Å². The monoisotopic (exact) mass is 244 g/mol. The van der Waals surface area contributed by atoms with E-state index in [0.29, 0.717) is 18.0 Å². The number of aromatic nitrogens is 1. The van der Waals surface area contributed by atoms with Gasteiger partial charge in [0.2, 0.25) is 0 Å². The van der Waals surface area contributed by atoms with E-state index in [2.05, 4.69) is 4.98 Å². The average molecular weight is 244 g/mol. The van der Waals surface area contributed by atoms with E-state index in [0.717, 1.165) is 17.0 Å². The summed E-state index contributed by atoms with van der Waals surface area (Å²) in [4.78, 5) is 4.18. The van der Waals surface area contributed by atoms with Gasteiger partial charge in [-0.1, -0.05) is 6.07 Å². The van der Waals surface area contributed by atoms with Gasteiger partial charge in [0.05, 0.1) is 12.8 Å². The molecule has 2 aromatic rings. The fraction of sp³-hybridized carbons (Fsp3) is 0.214. The lowest BCUT2D eigenvalue weighted by molar-refractivity contribution is 0.280. The zero-order chi connectivity index (χ0) is 13.0. The minimum atomic E-state index is 0.366. The number of ether oxygens (including phenoxy) is 2. The quantitative estimate of drug-likeness (QED) is 0.898. The van der Waals surface area contributed by atoms with Crippen molar-refractivity contribution in [2.75, 3.05) is 12.8 Å². The summed E-state index contributed by atoms with van der Waals surface area (Å²) < 4.78 is 10.9. The van der Waals surface area contributed by atoms with Gasteiger partial charge >= 0.3 is 0 Å². The number of hydrogen-bond donors (Lipinski definition) is 1. The number of anilines is 1. The first-order valence-electron chi connectivity index (χ1n) is 5.67. The maximum atomic E-state index is 5.68. The highest BCUT2D eigenvalue weighted by atomic mass is 16.5. The summed E-state index contributed by atoms with van der Waals surface area (Å²) in [6.45, 7) is 2.37. The van der Waals surface area contributed by atoms with Crippen LogP contribution in [0.15, 0.2) is 36.5 Å². The van der Waals surface area contributed by atoms with Gasteiger partial charge in [-0.15, -0.1) is 0 Å². The van der Waals surface area contributed by atoms with Crippen molar-refractivity contribution in [1.82, 2.24) is 4.98 Å². The number of benzene rings is 1. The minimum Gasteiger partial charge on any atom is -0.493 e. The van der Waals surface area contributed by atoms with Gasteiger partial charge in [0.25, 0.3) is 0 Å². The van der Waals surface area contributed by atoms with Crippen molar-refractivity contribution < 1.29 is 9.47 Å². The molecule has 0 aliphatic heterocycles. The molecule has 1 heterocycles. The molecular weight excluding hydrogens is 228 g/mol. The van der Waals surface area contributed by atoms with E-state index < -0.39 is 0 Å². The van der Waals surface area contributed by atoms with Gasteiger partial charge in [-0.25, -0.2) is 0 Å². The molecular formula is C14H16N2O2. The van der Waals surface area contributed by atoms with Gasteiger partial charge in [0.1, 0.15) is 6.61 Å². The van der Waals surface area contributed by atoms with Crippen LogP contribution in [0.3, 0.4) is 0 Å². The van der Waals surface area contributed by atoms with Crippen LogP contribution in [0.5, 0.6) is 11.5 Å². The highest BCUT2D eigenvalue weighted by molar-refractivity contribution is 5.43. The molecule has 4 nitrogen and oxygen atoms in total. The molecule has 0 amide bonds. The van der Waals surface area contributed by atoms with Crippen LogP contribution < -0.4 is 15.2 Å². The third-order valence-corrected chi connectivity index (χ3v) is 2.54. The molecule has 0 saturated carbocycles. The lowest BCUT2D eigenvalue weighted by Gasteiger charge is -2.11. The van der Waals surface area contributed by atoms with Crippen molar-refractivity contribution in [2.24, 2.45) is 0 Å². The van der Waals surface area contributed by atoms with Crippen molar-refractivity contribution in [3.05, 3.63) is 47.8 Å². The summed E-state index contributed by atoms with van der Waals surface area (Å²) >= 11 is 0. The number of hydrogen-bond acceptors (Lipinski definition) is 4. The molecule has 94 valence electrons. The number of nitrogens with two attached hydrogens (primary N) is 1. The van der Waals surface area contributed by atoms with Gasteiger partial charge in [0, 0.05) is 11.9 Å². The summed E-state index contributed by atoms with van der Waals surface area (Å²) in [6.07, 6.45) is 1.67. The van der Waals surface area contributed by atoms with Crippen LogP contribution in [0.4, 0.5) is 5.69 Å². The van der Waals surface area contributed by atoms with Gasteiger partial charge in [0.15, 0.2) is 11.5 Å². The number of pyridine rings is 1. The molecule has 2 N–H and O–H groups in total. The molecule has 4 heteroatoms. The molecule has 18 heavy (non-hydrogen) atoms. The molecule has 0 fully saturated rings. The highest BCUT2D eigenvalue weighted by Crippen LogP contribution is 2.28. The number of rotatable bonds is 4. The van der Waals surface area contributed by atoms with Crippen LogP contribution in [0, 0.1) is 6.92 Å². The van der Waals surface area contributed by atoms with E-state index in [1.54, 1.807) is 25.4 Å². The van der Waals surface area contributed by atoms with Crippen molar-refractivity contribution >= 4 is 5.69 Å². The third-order valence-electron chi connectivity index (χ3n) is 2.54. The van der Waals surface area contributed by atoms with Crippen LogP contribution >= 0.6 is 0 Å². The topological polar surface area (TPSA) is 57.4 Å². The van der Waals surface area contributed by atoms with Gasteiger partial charge in [-0.2, -0.15) is 0 Å². The third kappa shape index (κ3) is 2.91. The standard InChI is InChI=1S/C14H16N2O2/c1-10-3-4-13(14(7-10)17-2)18-9-12-8-11(15)5-6-16-12/h3-8H,9H2,1-2H3,(H2,15,16). The van der Waals surface area contributed by atoms with Crippen molar-refractivity contribution in [3.8, 4) is 11.5 Å². The zero-order valence-corrected chi connectivity index (χ0v) is 10.5. The molecule has 0 radical (unpaired) electrons. The lowest BCUT2D eigenvalue weighted by atomic mass is 10.2. The highest BCUT2D eigenvalue weighted by Gasteiger charge is 2.05. The lowest BCUT2D eigenvalue weighted by Crippen LogP contribution is -2.00. The molecule has 2 rings (SSSR count).